The van der Waals surface area contributed by atoms with Gasteiger partial charge in [0.1, 0.15) is 0 Å². The normalized spacial score (nSPS) is 24.8. The summed E-state index contributed by atoms with van der Waals surface area (Å²) in [5.41, 5.74) is 0. The molecule has 1 aromatic heterocycles. The summed E-state index contributed by atoms with van der Waals surface area (Å²) in [5, 5.41) is 10.9. The Hall–Kier alpha value is -0.430. The van der Waals surface area contributed by atoms with Crippen molar-refractivity contribution in [3.63, 3.8) is 0 Å². The number of thiophene rings is 1. The minimum absolute atomic E-state index is 0.0904. The highest BCUT2D eigenvalue weighted by atomic mass is 32.2. The second-order valence-electron chi connectivity index (χ2n) is 5.30. The van der Waals surface area contributed by atoms with Crippen LogP contribution < -0.4 is 0 Å². The molecule has 1 aliphatic carbocycles. The van der Waals surface area contributed by atoms with E-state index in [4.69, 9.17) is 0 Å². The maximum Gasteiger partial charge on any atom is 0.244 e. The largest absolute Gasteiger partial charge is 0.391 e. The van der Waals surface area contributed by atoms with Gasteiger partial charge in [-0.3, -0.25) is 0 Å². The molecule has 0 amide bonds. The zero-order valence-electron chi connectivity index (χ0n) is 11.4. The lowest BCUT2D eigenvalue weighted by Crippen LogP contribution is -2.39. The number of hydrogen-bond donors (Lipinski definition) is 1. The predicted molar refractivity (Wildman–Crippen MR) is 76.6 cm³/mol. The van der Waals surface area contributed by atoms with Crippen LogP contribution in [0.3, 0.4) is 0 Å². The van der Waals surface area contributed by atoms with Crippen LogP contribution in [0.5, 0.6) is 0 Å². The minimum atomic E-state index is -3.47. The molecule has 4 nitrogen and oxygen atoms in total. The van der Waals surface area contributed by atoms with Crippen molar-refractivity contribution in [1.82, 2.24) is 4.31 Å². The Kier molecular flexibility index (Phi) is 4.66. The molecule has 19 heavy (non-hydrogen) atoms. The van der Waals surface area contributed by atoms with Crippen molar-refractivity contribution in [2.45, 2.75) is 50.2 Å². The Morgan fingerprint density at radius 2 is 2.00 bits per heavy atom. The lowest BCUT2D eigenvalue weighted by Gasteiger charge is -2.32. The van der Waals surface area contributed by atoms with E-state index in [1.165, 1.54) is 15.6 Å². The summed E-state index contributed by atoms with van der Waals surface area (Å²) in [5.74, 6) is 0.696. The van der Waals surface area contributed by atoms with Crippen molar-refractivity contribution in [2.75, 3.05) is 7.05 Å². The molecule has 1 aromatic rings. The topological polar surface area (TPSA) is 57.6 Å². The first kappa shape index (κ1) is 15.0. The standard InChI is InChI=1S/C13H21NO3S2/c1-10-3-5-11(6-4-10)14(2)19(16,17)13-7-8-18-12(13)9-15/h7-8,10-11,15H,3-6,9H2,1-2H3. The average Bonchev–Trinajstić information content (AvgIpc) is 2.87. The van der Waals surface area contributed by atoms with Gasteiger partial charge in [-0.25, -0.2) is 8.42 Å². The third-order valence-corrected chi connectivity index (χ3v) is 7.03. The molecule has 6 heteroatoms. The molecule has 0 bridgehead atoms. The van der Waals surface area contributed by atoms with Crippen LogP contribution in [0, 0.1) is 5.92 Å². The van der Waals surface area contributed by atoms with Gasteiger partial charge in [-0.1, -0.05) is 6.92 Å². The molecule has 0 radical (unpaired) electrons. The Balaban J connectivity index is 2.20. The van der Waals surface area contributed by atoms with E-state index in [2.05, 4.69) is 6.92 Å². The number of sulfonamides is 1. The molecule has 0 spiro atoms. The summed E-state index contributed by atoms with van der Waals surface area (Å²) in [6.07, 6.45) is 4.02. The smallest absolute Gasteiger partial charge is 0.244 e. The summed E-state index contributed by atoms with van der Waals surface area (Å²) >= 11 is 1.29. The Labute approximate surface area is 119 Å². The monoisotopic (exact) mass is 303 g/mol. The molecule has 0 aliphatic heterocycles. The molecule has 1 aliphatic rings. The Morgan fingerprint density at radius 1 is 1.37 bits per heavy atom. The van der Waals surface area contributed by atoms with E-state index >= 15 is 0 Å². The van der Waals surface area contributed by atoms with E-state index in [0.29, 0.717) is 10.8 Å². The molecule has 1 saturated carbocycles. The van der Waals surface area contributed by atoms with Crippen molar-refractivity contribution in [2.24, 2.45) is 5.92 Å². The Morgan fingerprint density at radius 3 is 2.58 bits per heavy atom. The van der Waals surface area contributed by atoms with Crippen LogP contribution in [-0.4, -0.2) is 30.9 Å². The van der Waals surface area contributed by atoms with Gasteiger partial charge in [0.15, 0.2) is 0 Å². The van der Waals surface area contributed by atoms with Crippen molar-refractivity contribution in [3.8, 4) is 0 Å². The van der Waals surface area contributed by atoms with Crippen molar-refractivity contribution in [3.05, 3.63) is 16.3 Å². The summed E-state index contributed by atoms with van der Waals surface area (Å²) < 4.78 is 26.7. The van der Waals surface area contributed by atoms with Crippen LogP contribution in [0.1, 0.15) is 37.5 Å². The van der Waals surface area contributed by atoms with Gasteiger partial charge in [-0.15, -0.1) is 11.3 Å². The van der Waals surface area contributed by atoms with E-state index in [-0.39, 0.29) is 17.5 Å². The number of hydrogen-bond acceptors (Lipinski definition) is 4. The van der Waals surface area contributed by atoms with E-state index in [1.54, 1.807) is 18.5 Å². The highest BCUT2D eigenvalue weighted by Crippen LogP contribution is 2.31. The maximum atomic E-state index is 12.6. The molecule has 1 heterocycles. The first-order valence-corrected chi connectivity index (χ1v) is 8.94. The molecule has 0 aromatic carbocycles. The first-order valence-electron chi connectivity index (χ1n) is 6.62. The van der Waals surface area contributed by atoms with Crippen LogP contribution in [0.15, 0.2) is 16.3 Å². The molecular weight excluding hydrogens is 282 g/mol. The van der Waals surface area contributed by atoms with Gasteiger partial charge >= 0.3 is 0 Å². The van der Waals surface area contributed by atoms with Gasteiger partial charge in [-0.05, 0) is 43.0 Å². The van der Waals surface area contributed by atoms with E-state index in [9.17, 15) is 13.5 Å². The van der Waals surface area contributed by atoms with Crippen LogP contribution in [0.25, 0.3) is 0 Å². The van der Waals surface area contributed by atoms with E-state index < -0.39 is 10.0 Å². The zero-order valence-corrected chi connectivity index (χ0v) is 13.0. The lowest BCUT2D eigenvalue weighted by molar-refractivity contribution is 0.245. The number of aliphatic hydroxyl groups excluding tert-OH is 1. The predicted octanol–water partition coefficient (Wildman–Crippen LogP) is 2.44. The molecule has 2 rings (SSSR count). The molecular formula is C13H21NO3S2. The van der Waals surface area contributed by atoms with Crippen LogP contribution in [0.4, 0.5) is 0 Å². The molecule has 1 N–H and O–H groups in total. The fraction of sp³-hybridized carbons (Fsp3) is 0.692. The third kappa shape index (κ3) is 3.02. The van der Waals surface area contributed by atoms with Gasteiger partial charge in [0, 0.05) is 18.0 Å². The maximum absolute atomic E-state index is 12.6. The lowest BCUT2D eigenvalue weighted by atomic mass is 9.87. The number of aliphatic hydroxyl groups is 1. The van der Waals surface area contributed by atoms with Gasteiger partial charge in [0.2, 0.25) is 10.0 Å². The van der Waals surface area contributed by atoms with Gasteiger partial charge in [0.05, 0.1) is 11.5 Å². The minimum Gasteiger partial charge on any atom is -0.391 e. The summed E-state index contributed by atoms with van der Waals surface area (Å²) in [6, 6.07) is 1.68. The fourth-order valence-corrected chi connectivity index (χ4v) is 5.31. The first-order chi connectivity index (χ1) is 8.96. The van der Waals surface area contributed by atoms with Crippen molar-refractivity contribution >= 4 is 21.4 Å². The summed E-state index contributed by atoms with van der Waals surface area (Å²) in [7, 11) is -1.81. The molecule has 1 fully saturated rings. The average molecular weight is 303 g/mol. The second kappa shape index (κ2) is 5.91. The highest BCUT2D eigenvalue weighted by molar-refractivity contribution is 7.89. The second-order valence-corrected chi connectivity index (χ2v) is 8.27. The number of nitrogens with zero attached hydrogens (tertiary/aromatic N) is 1. The van der Waals surface area contributed by atoms with Crippen molar-refractivity contribution in [1.29, 1.82) is 0 Å². The molecule has 0 atom stereocenters. The highest BCUT2D eigenvalue weighted by Gasteiger charge is 2.32. The van der Waals surface area contributed by atoms with Crippen LogP contribution in [0.2, 0.25) is 0 Å². The fourth-order valence-electron chi connectivity index (χ4n) is 2.63. The molecule has 108 valence electrons. The van der Waals surface area contributed by atoms with Gasteiger partial charge in [0.25, 0.3) is 0 Å². The quantitative estimate of drug-likeness (QED) is 0.929. The van der Waals surface area contributed by atoms with Gasteiger partial charge in [-0.2, -0.15) is 4.31 Å². The zero-order chi connectivity index (χ0) is 14.0. The Bertz CT molecular complexity index is 516. The van der Waals surface area contributed by atoms with E-state index in [0.717, 1.165) is 25.7 Å². The van der Waals surface area contributed by atoms with Gasteiger partial charge < -0.3 is 5.11 Å². The molecule has 0 unspecified atom stereocenters. The van der Waals surface area contributed by atoms with Crippen LogP contribution in [-0.2, 0) is 16.6 Å². The SMILES string of the molecule is CC1CCC(N(C)S(=O)(=O)c2ccsc2CO)CC1. The van der Waals surface area contributed by atoms with Crippen molar-refractivity contribution < 1.29 is 13.5 Å². The summed E-state index contributed by atoms with van der Waals surface area (Å²) in [6.45, 7) is 2.00. The third-order valence-electron chi connectivity index (χ3n) is 4.00. The number of rotatable bonds is 4. The summed E-state index contributed by atoms with van der Waals surface area (Å²) in [4.78, 5) is 0.789. The van der Waals surface area contributed by atoms with Crippen LogP contribution >= 0.6 is 11.3 Å². The molecule has 0 saturated heterocycles. The van der Waals surface area contributed by atoms with E-state index in [1.807, 2.05) is 0 Å².